The number of thiazole rings is 1. The average Bonchev–Trinajstić information content (AvgIpc) is 3.04. The number of thiophene rings is 1. The molecule has 0 bridgehead atoms. The van der Waals surface area contributed by atoms with Crippen LogP contribution in [0.2, 0.25) is 0 Å². The van der Waals surface area contributed by atoms with Gasteiger partial charge in [0.05, 0.1) is 17.4 Å². The number of ether oxygens (including phenoxy) is 1. The number of methoxy groups -OCH3 is 1. The topological polar surface area (TPSA) is 68.3 Å². The summed E-state index contributed by atoms with van der Waals surface area (Å²) in [7, 11) is 1.26. The molecular weight excluding hydrogens is 272 g/mol. The molecule has 1 N–H and O–H groups in total. The molecule has 0 aromatic carbocycles. The van der Waals surface area contributed by atoms with Crippen molar-refractivity contribution >= 4 is 34.6 Å². The summed E-state index contributed by atoms with van der Waals surface area (Å²) in [5, 5.41) is 7.90. The summed E-state index contributed by atoms with van der Waals surface area (Å²) in [4.78, 5) is 27.7. The van der Waals surface area contributed by atoms with Crippen molar-refractivity contribution in [3.8, 4) is 9.88 Å². The van der Waals surface area contributed by atoms with Crippen LogP contribution < -0.4 is 5.32 Å². The van der Waals surface area contributed by atoms with E-state index in [1.165, 1.54) is 18.4 Å². The minimum Gasteiger partial charge on any atom is -0.468 e. The Hall–Kier alpha value is -1.73. The summed E-state index contributed by atoms with van der Waals surface area (Å²) in [5.74, 6) is -0.934. The Labute approximate surface area is 111 Å². The zero-order valence-electron chi connectivity index (χ0n) is 9.43. The molecule has 2 aromatic rings. The van der Waals surface area contributed by atoms with Gasteiger partial charge in [-0.2, -0.15) is 0 Å². The first kappa shape index (κ1) is 12.7. The molecule has 2 heterocycles. The summed E-state index contributed by atoms with van der Waals surface area (Å²) >= 11 is 2.82. The van der Waals surface area contributed by atoms with Gasteiger partial charge in [0.2, 0.25) is 0 Å². The lowest BCUT2D eigenvalue weighted by Gasteiger charge is -2.00. The van der Waals surface area contributed by atoms with Gasteiger partial charge in [0.1, 0.15) is 17.2 Å². The van der Waals surface area contributed by atoms with Gasteiger partial charge in [-0.3, -0.25) is 9.59 Å². The highest BCUT2D eigenvalue weighted by atomic mass is 32.1. The standard InChI is InChI=1S/C11H9N2O3S2/c1-16-9(14)5-12-10(15)7-6-18-11(13-7)8-3-2-4-17-8/h2-4H,5H2,1H3,(H,12,15). The molecule has 0 unspecified atom stereocenters. The van der Waals surface area contributed by atoms with E-state index in [1.807, 2.05) is 17.5 Å². The molecule has 0 aliphatic heterocycles. The van der Waals surface area contributed by atoms with Crippen LogP contribution in [0.15, 0.2) is 17.5 Å². The van der Waals surface area contributed by atoms with Crippen LogP contribution >= 0.6 is 22.7 Å². The Kier molecular flexibility index (Phi) is 4.06. The van der Waals surface area contributed by atoms with Crippen molar-refractivity contribution in [2.45, 2.75) is 0 Å². The molecule has 0 aliphatic rings. The molecule has 7 heteroatoms. The smallest absolute Gasteiger partial charge is 0.325 e. The van der Waals surface area contributed by atoms with Crippen molar-refractivity contribution in [1.82, 2.24) is 10.3 Å². The van der Waals surface area contributed by atoms with Gasteiger partial charge >= 0.3 is 5.97 Å². The van der Waals surface area contributed by atoms with Crippen LogP contribution in [0, 0.1) is 5.38 Å². The molecule has 0 saturated carbocycles. The van der Waals surface area contributed by atoms with Crippen molar-refractivity contribution < 1.29 is 14.3 Å². The van der Waals surface area contributed by atoms with Crippen LogP contribution in [0.3, 0.4) is 0 Å². The molecule has 0 spiro atoms. The molecule has 2 aromatic heterocycles. The van der Waals surface area contributed by atoms with E-state index in [0.29, 0.717) is 0 Å². The van der Waals surface area contributed by atoms with E-state index in [2.05, 4.69) is 20.4 Å². The second-order valence-electron chi connectivity index (χ2n) is 3.21. The van der Waals surface area contributed by atoms with Gasteiger partial charge in [-0.25, -0.2) is 4.98 Å². The maximum atomic E-state index is 11.6. The van der Waals surface area contributed by atoms with Gasteiger partial charge in [-0.15, -0.1) is 22.7 Å². The fourth-order valence-electron chi connectivity index (χ4n) is 1.15. The molecule has 1 radical (unpaired) electrons. The molecule has 5 nitrogen and oxygen atoms in total. The third kappa shape index (κ3) is 2.93. The van der Waals surface area contributed by atoms with E-state index in [0.717, 1.165) is 9.88 Å². The fourth-order valence-corrected chi connectivity index (χ4v) is 2.67. The first-order chi connectivity index (χ1) is 8.70. The zero-order valence-corrected chi connectivity index (χ0v) is 11.1. The molecule has 1 amide bonds. The summed E-state index contributed by atoms with van der Waals surface area (Å²) in [6.45, 7) is -0.172. The molecule has 0 atom stereocenters. The predicted octanol–water partition coefficient (Wildman–Crippen LogP) is 1.57. The van der Waals surface area contributed by atoms with E-state index in [-0.39, 0.29) is 12.2 Å². The predicted molar refractivity (Wildman–Crippen MR) is 68.6 cm³/mol. The van der Waals surface area contributed by atoms with Gasteiger partial charge in [0.25, 0.3) is 5.91 Å². The number of aromatic nitrogens is 1. The van der Waals surface area contributed by atoms with Crippen LogP contribution in [-0.2, 0) is 9.53 Å². The van der Waals surface area contributed by atoms with E-state index in [9.17, 15) is 9.59 Å². The minimum atomic E-state index is -0.503. The highest BCUT2D eigenvalue weighted by Crippen LogP contribution is 2.27. The third-order valence-corrected chi connectivity index (χ3v) is 3.83. The van der Waals surface area contributed by atoms with Crippen molar-refractivity contribution in [1.29, 1.82) is 0 Å². The normalized spacial score (nSPS) is 10.1. The lowest BCUT2D eigenvalue weighted by atomic mass is 10.4. The molecule has 18 heavy (non-hydrogen) atoms. The Morgan fingerprint density at radius 3 is 3.06 bits per heavy atom. The quantitative estimate of drug-likeness (QED) is 0.864. The van der Waals surface area contributed by atoms with E-state index in [4.69, 9.17) is 0 Å². The first-order valence-electron chi connectivity index (χ1n) is 4.98. The monoisotopic (exact) mass is 281 g/mol. The lowest BCUT2D eigenvalue weighted by Crippen LogP contribution is -2.30. The minimum absolute atomic E-state index is 0.172. The summed E-state index contributed by atoms with van der Waals surface area (Å²) < 4.78 is 4.42. The maximum absolute atomic E-state index is 11.6. The molecule has 0 aliphatic carbocycles. The SMILES string of the molecule is COC(=O)CNC(=O)c1[c]sc(-c2cccs2)n1. The summed E-state index contributed by atoms with van der Waals surface area (Å²) in [6.07, 6.45) is 0. The molecule has 93 valence electrons. The largest absolute Gasteiger partial charge is 0.468 e. The summed E-state index contributed by atoms with van der Waals surface area (Å²) in [6, 6.07) is 3.84. The van der Waals surface area contributed by atoms with Crippen LogP contribution in [0.25, 0.3) is 9.88 Å². The second kappa shape index (κ2) is 5.74. The van der Waals surface area contributed by atoms with Gasteiger partial charge in [-0.1, -0.05) is 6.07 Å². The second-order valence-corrected chi connectivity index (χ2v) is 4.95. The van der Waals surface area contributed by atoms with Crippen molar-refractivity contribution in [3.63, 3.8) is 0 Å². The van der Waals surface area contributed by atoms with E-state index >= 15 is 0 Å². The number of carbonyl (C=O) groups is 2. The number of nitrogens with zero attached hydrogens (tertiary/aromatic N) is 1. The van der Waals surface area contributed by atoms with Crippen LogP contribution in [0.1, 0.15) is 10.5 Å². The molecule has 0 fully saturated rings. The highest BCUT2D eigenvalue weighted by Gasteiger charge is 2.13. The van der Waals surface area contributed by atoms with Crippen molar-refractivity contribution in [2.75, 3.05) is 13.7 Å². The Balaban J connectivity index is 2.02. The Morgan fingerprint density at radius 1 is 1.56 bits per heavy atom. The van der Waals surface area contributed by atoms with Gasteiger partial charge in [0.15, 0.2) is 0 Å². The van der Waals surface area contributed by atoms with Crippen molar-refractivity contribution in [2.24, 2.45) is 0 Å². The number of esters is 1. The number of rotatable bonds is 4. The fraction of sp³-hybridized carbons (Fsp3) is 0.182. The first-order valence-corrected chi connectivity index (χ1v) is 6.67. The van der Waals surface area contributed by atoms with Crippen LogP contribution in [0.4, 0.5) is 0 Å². The van der Waals surface area contributed by atoms with Gasteiger partial charge in [0, 0.05) is 0 Å². The Morgan fingerprint density at radius 2 is 2.39 bits per heavy atom. The highest BCUT2D eigenvalue weighted by molar-refractivity contribution is 7.19. The average molecular weight is 281 g/mol. The number of carbonyl (C=O) groups excluding carboxylic acids is 2. The number of hydrogen-bond donors (Lipinski definition) is 1. The number of amides is 1. The Bertz CT molecular complexity index is 548. The van der Waals surface area contributed by atoms with Gasteiger partial charge in [-0.05, 0) is 11.4 Å². The van der Waals surface area contributed by atoms with Crippen LogP contribution in [0.5, 0.6) is 0 Å². The van der Waals surface area contributed by atoms with Gasteiger partial charge < -0.3 is 10.1 Å². The lowest BCUT2D eigenvalue weighted by molar-refractivity contribution is -0.139. The molecular formula is C11H9N2O3S2. The molecule has 2 rings (SSSR count). The maximum Gasteiger partial charge on any atom is 0.325 e. The third-order valence-electron chi connectivity index (χ3n) is 2.03. The number of nitrogens with one attached hydrogen (secondary N) is 1. The van der Waals surface area contributed by atoms with Crippen LogP contribution in [-0.4, -0.2) is 30.5 Å². The number of hydrogen-bond acceptors (Lipinski definition) is 6. The van der Waals surface area contributed by atoms with E-state index in [1.54, 1.807) is 11.3 Å². The van der Waals surface area contributed by atoms with Crippen molar-refractivity contribution in [3.05, 3.63) is 28.6 Å². The molecule has 0 saturated heterocycles. The van der Waals surface area contributed by atoms with E-state index < -0.39 is 11.9 Å². The summed E-state index contributed by atoms with van der Waals surface area (Å²) in [5.41, 5.74) is 0.187. The zero-order chi connectivity index (χ0) is 13.0.